The zero-order chi connectivity index (χ0) is 10.9. The van der Waals surface area contributed by atoms with Crippen molar-refractivity contribution in [2.24, 2.45) is 0 Å². The van der Waals surface area contributed by atoms with Gasteiger partial charge in [0.2, 0.25) is 5.91 Å². The van der Waals surface area contributed by atoms with Gasteiger partial charge in [0.1, 0.15) is 0 Å². The van der Waals surface area contributed by atoms with Gasteiger partial charge in [-0.05, 0) is 6.92 Å². The molecule has 1 saturated heterocycles. The Kier molecular flexibility index (Phi) is 5.83. The minimum atomic E-state index is 0.106. The largest absolute Gasteiger partial charge is 0.354 e. The molecule has 1 rings (SSSR count). The molecule has 2 N–H and O–H groups in total. The lowest BCUT2D eigenvalue weighted by molar-refractivity contribution is -0.122. The second-order valence-electron chi connectivity index (χ2n) is 3.55. The van der Waals surface area contributed by atoms with E-state index in [0.29, 0.717) is 13.1 Å². The first-order valence-corrected chi connectivity index (χ1v) is 5.42. The molecule has 1 aliphatic rings. The van der Waals surface area contributed by atoms with Gasteiger partial charge >= 0.3 is 0 Å². The van der Waals surface area contributed by atoms with Crippen LogP contribution >= 0.6 is 0 Å². The first-order valence-electron chi connectivity index (χ1n) is 5.42. The van der Waals surface area contributed by atoms with Gasteiger partial charge in [0.05, 0.1) is 6.54 Å². The molecule has 0 radical (unpaired) electrons. The van der Waals surface area contributed by atoms with Crippen molar-refractivity contribution in [3.63, 3.8) is 0 Å². The minimum Gasteiger partial charge on any atom is -0.354 e. The van der Waals surface area contributed by atoms with Crippen LogP contribution < -0.4 is 10.6 Å². The number of rotatable bonds is 4. The summed E-state index contributed by atoms with van der Waals surface area (Å²) in [6.07, 6.45) is 0.740. The fraction of sp³-hybridized carbons (Fsp3) is 0.727. The summed E-state index contributed by atoms with van der Waals surface area (Å²) in [6, 6.07) is 0. The highest BCUT2D eigenvalue weighted by atomic mass is 16.2. The first kappa shape index (κ1) is 12.0. The van der Waals surface area contributed by atoms with Gasteiger partial charge in [-0.3, -0.25) is 9.69 Å². The molecule has 0 aromatic rings. The zero-order valence-electron chi connectivity index (χ0n) is 9.31. The zero-order valence-corrected chi connectivity index (χ0v) is 9.31. The Bertz CT molecular complexity index is 248. The summed E-state index contributed by atoms with van der Waals surface area (Å²) in [5, 5.41) is 6.12. The molecule has 0 unspecified atom stereocenters. The Hall–Kier alpha value is -1.05. The van der Waals surface area contributed by atoms with Crippen molar-refractivity contribution in [3.8, 4) is 11.8 Å². The minimum absolute atomic E-state index is 0.106. The number of piperazine rings is 1. The van der Waals surface area contributed by atoms with Gasteiger partial charge in [0.15, 0.2) is 0 Å². The molecule has 0 aromatic heterocycles. The molecule has 4 heteroatoms. The van der Waals surface area contributed by atoms with E-state index in [4.69, 9.17) is 0 Å². The summed E-state index contributed by atoms with van der Waals surface area (Å²) in [6.45, 7) is 6.86. The number of carbonyl (C=O) groups excluding carboxylic acids is 1. The number of carbonyl (C=O) groups is 1. The predicted octanol–water partition coefficient (Wildman–Crippen LogP) is -0.579. The summed E-state index contributed by atoms with van der Waals surface area (Å²) in [5.74, 6) is 5.83. The Morgan fingerprint density at radius 3 is 2.87 bits per heavy atom. The van der Waals surface area contributed by atoms with Crippen LogP contribution in [-0.2, 0) is 4.79 Å². The van der Waals surface area contributed by atoms with E-state index >= 15 is 0 Å². The third-order valence-corrected chi connectivity index (χ3v) is 2.33. The van der Waals surface area contributed by atoms with E-state index in [9.17, 15) is 4.79 Å². The van der Waals surface area contributed by atoms with E-state index < -0.39 is 0 Å². The van der Waals surface area contributed by atoms with Crippen molar-refractivity contribution < 1.29 is 4.79 Å². The average molecular weight is 209 g/mol. The highest BCUT2D eigenvalue weighted by molar-refractivity contribution is 5.78. The Labute approximate surface area is 91.4 Å². The van der Waals surface area contributed by atoms with Gasteiger partial charge in [0.25, 0.3) is 0 Å². The topological polar surface area (TPSA) is 44.4 Å². The fourth-order valence-electron chi connectivity index (χ4n) is 1.52. The third kappa shape index (κ3) is 5.40. The standard InChI is InChI=1S/C11H19N3O/c1-2-3-4-5-13-11(15)10-14-8-6-12-7-9-14/h12H,4-10H2,1H3,(H,13,15). The quantitative estimate of drug-likeness (QED) is 0.481. The molecule has 0 aliphatic carbocycles. The molecule has 0 spiro atoms. The molecule has 0 atom stereocenters. The smallest absolute Gasteiger partial charge is 0.234 e. The van der Waals surface area contributed by atoms with E-state index in [2.05, 4.69) is 27.4 Å². The van der Waals surface area contributed by atoms with Gasteiger partial charge in [0, 0.05) is 39.1 Å². The summed E-state index contributed by atoms with van der Waals surface area (Å²) in [5.41, 5.74) is 0. The van der Waals surface area contributed by atoms with E-state index in [0.717, 1.165) is 32.6 Å². The van der Waals surface area contributed by atoms with Crippen molar-refractivity contribution in [1.29, 1.82) is 0 Å². The highest BCUT2D eigenvalue weighted by Crippen LogP contribution is 1.90. The van der Waals surface area contributed by atoms with Gasteiger partial charge in [-0.25, -0.2) is 0 Å². The lowest BCUT2D eigenvalue weighted by Crippen LogP contribution is -2.47. The molecule has 0 bridgehead atoms. The summed E-state index contributed by atoms with van der Waals surface area (Å²) in [4.78, 5) is 13.6. The average Bonchev–Trinajstić information content (AvgIpc) is 2.26. The van der Waals surface area contributed by atoms with Crippen molar-refractivity contribution in [2.45, 2.75) is 13.3 Å². The van der Waals surface area contributed by atoms with Crippen LogP contribution in [0.15, 0.2) is 0 Å². The molecule has 0 aromatic carbocycles. The molecule has 1 aliphatic heterocycles. The van der Waals surface area contributed by atoms with Crippen molar-refractivity contribution in [1.82, 2.24) is 15.5 Å². The Morgan fingerprint density at radius 1 is 1.47 bits per heavy atom. The van der Waals surface area contributed by atoms with Crippen LogP contribution in [0.3, 0.4) is 0 Å². The second kappa shape index (κ2) is 7.27. The SMILES string of the molecule is CC#CCCNC(=O)CN1CCNCC1. The molecule has 4 nitrogen and oxygen atoms in total. The van der Waals surface area contributed by atoms with E-state index in [1.165, 1.54) is 0 Å². The van der Waals surface area contributed by atoms with Crippen LogP contribution in [0.4, 0.5) is 0 Å². The van der Waals surface area contributed by atoms with E-state index in [1.807, 2.05) is 6.92 Å². The molecule has 1 heterocycles. The van der Waals surface area contributed by atoms with E-state index in [1.54, 1.807) is 0 Å². The molecule has 15 heavy (non-hydrogen) atoms. The van der Waals surface area contributed by atoms with Gasteiger partial charge in [-0.15, -0.1) is 11.8 Å². The molecule has 84 valence electrons. The molecule has 1 fully saturated rings. The number of hydrogen-bond acceptors (Lipinski definition) is 3. The highest BCUT2D eigenvalue weighted by Gasteiger charge is 2.12. The lowest BCUT2D eigenvalue weighted by Gasteiger charge is -2.26. The lowest BCUT2D eigenvalue weighted by atomic mass is 10.3. The van der Waals surface area contributed by atoms with Gasteiger partial charge in [-0.2, -0.15) is 0 Å². The van der Waals surface area contributed by atoms with Crippen LogP contribution in [0.5, 0.6) is 0 Å². The number of nitrogens with one attached hydrogen (secondary N) is 2. The van der Waals surface area contributed by atoms with Crippen LogP contribution in [0.25, 0.3) is 0 Å². The monoisotopic (exact) mass is 209 g/mol. The first-order chi connectivity index (χ1) is 7.33. The van der Waals surface area contributed by atoms with Crippen LogP contribution in [0.1, 0.15) is 13.3 Å². The normalized spacial score (nSPS) is 16.6. The molecular formula is C11H19N3O. The van der Waals surface area contributed by atoms with Crippen LogP contribution in [-0.4, -0.2) is 50.1 Å². The molecule has 1 amide bonds. The number of amides is 1. The van der Waals surface area contributed by atoms with Crippen molar-refractivity contribution in [3.05, 3.63) is 0 Å². The predicted molar refractivity (Wildman–Crippen MR) is 60.4 cm³/mol. The van der Waals surface area contributed by atoms with Crippen LogP contribution in [0, 0.1) is 11.8 Å². The van der Waals surface area contributed by atoms with Gasteiger partial charge < -0.3 is 10.6 Å². The molecule has 0 saturated carbocycles. The third-order valence-electron chi connectivity index (χ3n) is 2.33. The maximum Gasteiger partial charge on any atom is 0.234 e. The number of nitrogens with zero attached hydrogens (tertiary/aromatic N) is 1. The Balaban J connectivity index is 2.08. The van der Waals surface area contributed by atoms with Gasteiger partial charge in [-0.1, -0.05) is 0 Å². The Morgan fingerprint density at radius 2 is 2.20 bits per heavy atom. The van der Waals surface area contributed by atoms with Crippen LogP contribution in [0.2, 0.25) is 0 Å². The van der Waals surface area contributed by atoms with E-state index in [-0.39, 0.29) is 5.91 Å². The van der Waals surface area contributed by atoms with Crippen molar-refractivity contribution >= 4 is 5.91 Å². The van der Waals surface area contributed by atoms with Crippen molar-refractivity contribution in [2.75, 3.05) is 39.3 Å². The number of hydrogen-bond donors (Lipinski definition) is 2. The molecular weight excluding hydrogens is 190 g/mol. The fourth-order valence-corrected chi connectivity index (χ4v) is 1.52. The summed E-state index contributed by atoms with van der Waals surface area (Å²) in [7, 11) is 0. The maximum atomic E-state index is 11.5. The second-order valence-corrected chi connectivity index (χ2v) is 3.55. The summed E-state index contributed by atoms with van der Waals surface area (Å²) < 4.78 is 0. The maximum absolute atomic E-state index is 11.5. The summed E-state index contributed by atoms with van der Waals surface area (Å²) >= 11 is 0.